The SMILES string of the molecule is CCCCCCCCC12CCCC3=C(C)C=C(C)C(c4ccc(C)cc41)C32C. The summed E-state index contributed by atoms with van der Waals surface area (Å²) in [5.74, 6) is 0.599. The molecule has 152 valence electrons. The van der Waals surface area contributed by atoms with E-state index in [4.69, 9.17) is 0 Å². The van der Waals surface area contributed by atoms with Gasteiger partial charge >= 0.3 is 0 Å². The molecule has 28 heavy (non-hydrogen) atoms. The molecule has 0 amide bonds. The van der Waals surface area contributed by atoms with Crippen LogP contribution in [0.4, 0.5) is 0 Å². The van der Waals surface area contributed by atoms with Crippen LogP contribution in [0.5, 0.6) is 0 Å². The van der Waals surface area contributed by atoms with Crippen LogP contribution in [0.3, 0.4) is 0 Å². The summed E-state index contributed by atoms with van der Waals surface area (Å²) in [6, 6.07) is 7.41. The Hall–Kier alpha value is -1.30. The highest BCUT2D eigenvalue weighted by atomic mass is 14.7. The molecule has 1 saturated carbocycles. The predicted octanol–water partition coefficient (Wildman–Crippen LogP) is 8.55. The van der Waals surface area contributed by atoms with Gasteiger partial charge in [0.25, 0.3) is 0 Å². The molecule has 1 fully saturated rings. The highest BCUT2D eigenvalue weighted by molar-refractivity contribution is 5.60. The molecule has 3 atom stereocenters. The van der Waals surface area contributed by atoms with Crippen LogP contribution in [0.2, 0.25) is 0 Å². The average molecular weight is 377 g/mol. The zero-order valence-electron chi connectivity index (χ0n) is 19.0. The van der Waals surface area contributed by atoms with Gasteiger partial charge in [-0.3, -0.25) is 0 Å². The van der Waals surface area contributed by atoms with Crippen molar-refractivity contribution >= 4 is 0 Å². The lowest BCUT2D eigenvalue weighted by Crippen LogP contribution is -2.48. The minimum atomic E-state index is 0.299. The lowest BCUT2D eigenvalue weighted by atomic mass is 9.48. The Morgan fingerprint density at radius 1 is 1.00 bits per heavy atom. The number of rotatable bonds is 7. The monoisotopic (exact) mass is 376 g/mol. The van der Waals surface area contributed by atoms with Crippen LogP contribution < -0.4 is 0 Å². The van der Waals surface area contributed by atoms with E-state index in [1.54, 1.807) is 27.8 Å². The van der Waals surface area contributed by atoms with Crippen molar-refractivity contribution in [3.63, 3.8) is 0 Å². The van der Waals surface area contributed by atoms with Gasteiger partial charge in [-0.2, -0.15) is 0 Å². The summed E-state index contributed by atoms with van der Waals surface area (Å²) in [6.07, 6.45) is 16.4. The quantitative estimate of drug-likeness (QED) is 0.418. The summed E-state index contributed by atoms with van der Waals surface area (Å²) < 4.78 is 0. The van der Waals surface area contributed by atoms with Crippen molar-refractivity contribution in [1.29, 1.82) is 0 Å². The fourth-order valence-electron chi connectivity index (χ4n) is 7.43. The number of unbranched alkanes of at least 4 members (excludes halogenated alkanes) is 5. The van der Waals surface area contributed by atoms with E-state index in [0.29, 0.717) is 16.7 Å². The molecule has 0 aromatic heterocycles. The van der Waals surface area contributed by atoms with Crippen LogP contribution in [-0.4, -0.2) is 0 Å². The normalized spacial score (nSPS) is 30.9. The van der Waals surface area contributed by atoms with E-state index in [1.165, 1.54) is 69.8 Å². The highest BCUT2D eigenvalue weighted by Crippen LogP contribution is 2.71. The minimum Gasteiger partial charge on any atom is -0.0654 e. The first kappa shape index (κ1) is 20.0. The summed E-state index contributed by atoms with van der Waals surface area (Å²) in [5, 5.41) is 0. The molecule has 0 radical (unpaired) electrons. The predicted molar refractivity (Wildman–Crippen MR) is 122 cm³/mol. The first-order valence-electron chi connectivity index (χ1n) is 11.9. The molecule has 1 aromatic rings. The van der Waals surface area contributed by atoms with Gasteiger partial charge in [-0.25, -0.2) is 0 Å². The number of aryl methyl sites for hydroxylation is 1. The molecule has 0 N–H and O–H groups in total. The Labute approximate surface area is 173 Å². The maximum atomic E-state index is 2.65. The molecular weight excluding hydrogens is 336 g/mol. The van der Waals surface area contributed by atoms with Crippen molar-refractivity contribution in [2.75, 3.05) is 0 Å². The van der Waals surface area contributed by atoms with Crippen LogP contribution in [0, 0.1) is 12.3 Å². The third kappa shape index (κ3) is 2.78. The van der Waals surface area contributed by atoms with Crippen molar-refractivity contribution in [2.24, 2.45) is 5.41 Å². The summed E-state index contributed by atoms with van der Waals surface area (Å²) in [5.41, 5.74) is 10.4. The summed E-state index contributed by atoms with van der Waals surface area (Å²) in [7, 11) is 0. The molecule has 1 aromatic carbocycles. The van der Waals surface area contributed by atoms with Gasteiger partial charge in [0.2, 0.25) is 0 Å². The molecule has 0 heteroatoms. The molecule has 0 aliphatic heterocycles. The molecule has 3 unspecified atom stereocenters. The highest BCUT2D eigenvalue weighted by Gasteiger charge is 2.63. The van der Waals surface area contributed by atoms with Crippen molar-refractivity contribution < 1.29 is 0 Å². The van der Waals surface area contributed by atoms with Crippen molar-refractivity contribution in [3.05, 3.63) is 57.7 Å². The first-order valence-corrected chi connectivity index (χ1v) is 11.9. The van der Waals surface area contributed by atoms with Gasteiger partial charge in [0.15, 0.2) is 0 Å². The van der Waals surface area contributed by atoms with Crippen molar-refractivity contribution in [1.82, 2.24) is 0 Å². The smallest absolute Gasteiger partial charge is 0.0151 e. The zero-order chi connectivity index (χ0) is 19.9. The van der Waals surface area contributed by atoms with Crippen LogP contribution in [0.15, 0.2) is 41.0 Å². The molecule has 0 bridgehead atoms. The number of fused-ring (bicyclic) bond motifs is 3. The van der Waals surface area contributed by atoms with E-state index in [9.17, 15) is 0 Å². The fraction of sp³-hybridized carbons (Fsp3) is 0.643. The molecule has 3 aliphatic rings. The summed E-state index contributed by atoms with van der Waals surface area (Å²) in [4.78, 5) is 0. The van der Waals surface area contributed by atoms with E-state index in [2.05, 4.69) is 58.9 Å². The molecule has 0 heterocycles. The van der Waals surface area contributed by atoms with E-state index in [0.717, 1.165) is 0 Å². The van der Waals surface area contributed by atoms with Gasteiger partial charge in [0, 0.05) is 16.7 Å². The van der Waals surface area contributed by atoms with Gasteiger partial charge in [0.1, 0.15) is 0 Å². The molecule has 0 saturated heterocycles. The molecule has 3 aliphatic carbocycles. The topological polar surface area (TPSA) is 0 Å². The van der Waals surface area contributed by atoms with Crippen LogP contribution >= 0.6 is 0 Å². The Balaban J connectivity index is 1.75. The maximum Gasteiger partial charge on any atom is 0.0151 e. The average Bonchev–Trinajstić information content (AvgIpc) is 2.88. The zero-order valence-corrected chi connectivity index (χ0v) is 19.0. The van der Waals surface area contributed by atoms with Crippen molar-refractivity contribution in [2.45, 2.75) is 110 Å². The van der Waals surface area contributed by atoms with Crippen molar-refractivity contribution in [3.8, 4) is 0 Å². The number of hydrogen-bond donors (Lipinski definition) is 0. The van der Waals surface area contributed by atoms with Gasteiger partial charge in [-0.15, -0.1) is 0 Å². The second-order valence-electron chi connectivity index (χ2n) is 10.2. The maximum absolute atomic E-state index is 2.65. The Bertz CT molecular complexity index is 807. The summed E-state index contributed by atoms with van der Waals surface area (Å²) >= 11 is 0. The van der Waals surface area contributed by atoms with Gasteiger partial charge in [-0.1, -0.05) is 98.9 Å². The van der Waals surface area contributed by atoms with E-state index in [1.807, 2.05) is 0 Å². The fourth-order valence-corrected chi connectivity index (χ4v) is 7.43. The largest absolute Gasteiger partial charge is 0.0654 e. The number of benzene rings is 1. The second kappa shape index (κ2) is 7.51. The van der Waals surface area contributed by atoms with E-state index in [-0.39, 0.29) is 0 Å². The first-order chi connectivity index (χ1) is 13.5. The number of allylic oxidation sites excluding steroid dienone is 4. The number of hydrogen-bond acceptors (Lipinski definition) is 0. The Morgan fingerprint density at radius 3 is 2.54 bits per heavy atom. The lowest BCUT2D eigenvalue weighted by Gasteiger charge is -2.55. The second-order valence-corrected chi connectivity index (χ2v) is 10.2. The molecule has 0 nitrogen and oxygen atoms in total. The third-order valence-corrected chi connectivity index (χ3v) is 8.60. The van der Waals surface area contributed by atoms with Crippen LogP contribution in [0.25, 0.3) is 0 Å². The third-order valence-electron chi connectivity index (χ3n) is 8.60. The van der Waals surface area contributed by atoms with E-state index >= 15 is 0 Å². The molecule has 4 rings (SSSR count). The minimum absolute atomic E-state index is 0.299. The molecular formula is C28H40. The Morgan fingerprint density at radius 2 is 1.75 bits per heavy atom. The van der Waals surface area contributed by atoms with Crippen LogP contribution in [0.1, 0.15) is 115 Å². The molecule has 0 spiro atoms. The van der Waals surface area contributed by atoms with Crippen LogP contribution in [-0.2, 0) is 5.41 Å². The summed E-state index contributed by atoms with van der Waals surface area (Å²) in [6.45, 7) is 12.0. The van der Waals surface area contributed by atoms with E-state index < -0.39 is 0 Å². The van der Waals surface area contributed by atoms with Gasteiger partial charge < -0.3 is 0 Å². The van der Waals surface area contributed by atoms with Gasteiger partial charge in [-0.05, 0) is 57.6 Å². The lowest BCUT2D eigenvalue weighted by molar-refractivity contribution is 0.118. The van der Waals surface area contributed by atoms with Gasteiger partial charge in [0.05, 0.1) is 0 Å². The standard InChI is InChI=1S/C28H40/c1-6-7-8-9-10-11-16-28-17-12-13-24-21(3)19-22(4)26(27(24,28)5)23-15-14-20(2)18-25(23)28/h14-15,18-19,26H,6-13,16-17H2,1-5H3. The Kier molecular flexibility index (Phi) is 5.36.